The molecule has 7 heteroatoms. The summed E-state index contributed by atoms with van der Waals surface area (Å²) in [7, 11) is 0. The molecule has 4 rings (SSSR count). The molecule has 142 valence electrons. The summed E-state index contributed by atoms with van der Waals surface area (Å²) in [5.74, 6) is -1.29. The highest BCUT2D eigenvalue weighted by molar-refractivity contribution is 7.09. The molecule has 0 bridgehead atoms. The van der Waals surface area contributed by atoms with Crippen LogP contribution in [0.1, 0.15) is 53.2 Å². The van der Waals surface area contributed by atoms with Gasteiger partial charge in [0.15, 0.2) is 0 Å². The molecule has 0 radical (unpaired) electrons. The molecule has 5 nitrogen and oxygen atoms in total. The maximum atomic E-state index is 13.8. The Morgan fingerprint density at radius 1 is 1.26 bits per heavy atom. The first-order valence-corrected chi connectivity index (χ1v) is 10.2. The summed E-state index contributed by atoms with van der Waals surface area (Å²) in [6, 6.07) is 5.72. The Morgan fingerprint density at radius 2 is 2.04 bits per heavy atom. The van der Waals surface area contributed by atoms with E-state index in [0.717, 1.165) is 25.7 Å². The van der Waals surface area contributed by atoms with E-state index in [1.165, 1.54) is 17.4 Å². The molecule has 1 saturated carbocycles. The van der Waals surface area contributed by atoms with E-state index in [0.29, 0.717) is 23.4 Å². The lowest BCUT2D eigenvalue weighted by molar-refractivity contribution is -0.141. The summed E-state index contributed by atoms with van der Waals surface area (Å²) in [6.07, 6.45) is 4.79. The molecule has 1 N–H and O–H groups in total. The molecule has 3 unspecified atom stereocenters. The zero-order valence-corrected chi connectivity index (χ0v) is 15.6. The van der Waals surface area contributed by atoms with Gasteiger partial charge in [-0.1, -0.05) is 31.0 Å². The van der Waals surface area contributed by atoms with Crippen molar-refractivity contribution in [3.63, 3.8) is 0 Å². The van der Waals surface area contributed by atoms with Gasteiger partial charge in [0, 0.05) is 17.8 Å². The van der Waals surface area contributed by atoms with Crippen LogP contribution in [0.5, 0.6) is 0 Å². The van der Waals surface area contributed by atoms with Crippen LogP contribution in [0, 0.1) is 11.7 Å². The Labute approximate surface area is 160 Å². The van der Waals surface area contributed by atoms with Crippen molar-refractivity contribution in [2.24, 2.45) is 5.92 Å². The monoisotopic (exact) mass is 388 g/mol. The number of carbonyl (C=O) groups excluding carboxylic acids is 1. The van der Waals surface area contributed by atoms with E-state index in [9.17, 15) is 19.1 Å². The first kappa shape index (κ1) is 18.1. The van der Waals surface area contributed by atoms with Crippen molar-refractivity contribution in [1.29, 1.82) is 0 Å². The molecule has 2 fully saturated rings. The molecule has 1 aromatic carbocycles. The number of amides is 1. The van der Waals surface area contributed by atoms with Crippen LogP contribution in [0.4, 0.5) is 4.39 Å². The minimum Gasteiger partial charge on any atom is -0.480 e. The fourth-order valence-corrected chi connectivity index (χ4v) is 5.19. The van der Waals surface area contributed by atoms with Gasteiger partial charge in [-0.05, 0) is 36.8 Å². The van der Waals surface area contributed by atoms with Gasteiger partial charge in [0.2, 0.25) is 0 Å². The number of aromatic nitrogens is 1. The Bertz CT molecular complexity index is 868. The smallest absolute Gasteiger partial charge is 0.326 e. The van der Waals surface area contributed by atoms with Gasteiger partial charge in [-0.2, -0.15) is 0 Å². The van der Waals surface area contributed by atoms with E-state index >= 15 is 0 Å². The fourth-order valence-electron chi connectivity index (χ4n) is 4.40. The van der Waals surface area contributed by atoms with Gasteiger partial charge in [-0.3, -0.25) is 4.79 Å². The third-order valence-electron chi connectivity index (χ3n) is 5.68. The molecule has 1 amide bonds. The van der Waals surface area contributed by atoms with Crippen LogP contribution in [-0.4, -0.2) is 39.0 Å². The van der Waals surface area contributed by atoms with Gasteiger partial charge >= 0.3 is 5.97 Å². The van der Waals surface area contributed by atoms with Crippen molar-refractivity contribution in [2.45, 2.75) is 50.6 Å². The number of thiazole rings is 1. The highest BCUT2D eigenvalue weighted by Gasteiger charge is 2.48. The van der Waals surface area contributed by atoms with Crippen LogP contribution in [0.15, 0.2) is 29.6 Å². The topological polar surface area (TPSA) is 70.5 Å². The Kier molecular flexibility index (Phi) is 4.95. The number of aliphatic carboxylic acids is 1. The SMILES string of the molecule is O=C(O)C1CC2CCCCC2N1C(=O)c1csc(Cc2ccccc2F)n1. The Morgan fingerprint density at radius 3 is 2.81 bits per heavy atom. The van der Waals surface area contributed by atoms with Gasteiger partial charge in [-0.25, -0.2) is 14.2 Å². The zero-order chi connectivity index (χ0) is 19.0. The molecule has 2 aromatic rings. The van der Waals surface area contributed by atoms with Crippen LogP contribution in [0.25, 0.3) is 0 Å². The molecule has 2 heterocycles. The predicted molar refractivity (Wildman–Crippen MR) is 99.3 cm³/mol. The summed E-state index contributed by atoms with van der Waals surface area (Å²) < 4.78 is 13.8. The predicted octanol–water partition coefficient (Wildman–Crippen LogP) is 3.73. The number of nitrogens with zero attached hydrogens (tertiary/aromatic N) is 2. The second kappa shape index (κ2) is 7.38. The van der Waals surface area contributed by atoms with Gasteiger partial charge < -0.3 is 10.0 Å². The first-order chi connectivity index (χ1) is 13.0. The standard InChI is InChI=1S/C20H21FN2O3S/c21-14-7-3-1-5-12(14)10-18-22-15(11-27-18)19(24)23-16-8-4-2-6-13(16)9-17(23)20(25)26/h1,3,5,7,11,13,16-17H,2,4,6,8-10H2,(H,25,26). The number of benzene rings is 1. The van der Waals surface area contributed by atoms with Crippen molar-refractivity contribution in [3.05, 3.63) is 51.7 Å². The second-order valence-corrected chi connectivity index (χ2v) is 8.25. The van der Waals surface area contributed by atoms with Crippen LogP contribution >= 0.6 is 11.3 Å². The highest BCUT2D eigenvalue weighted by atomic mass is 32.1. The molecular formula is C20H21FN2O3S. The number of carboxylic acid groups (broad SMARTS) is 1. The van der Waals surface area contributed by atoms with E-state index in [4.69, 9.17) is 0 Å². The fraction of sp³-hybridized carbons (Fsp3) is 0.450. The summed E-state index contributed by atoms with van der Waals surface area (Å²) in [4.78, 5) is 30.7. The molecule has 3 atom stereocenters. The van der Waals surface area contributed by atoms with Crippen molar-refractivity contribution in [2.75, 3.05) is 0 Å². The normalized spacial score (nSPS) is 24.6. The van der Waals surface area contributed by atoms with Crippen LogP contribution in [0.3, 0.4) is 0 Å². The summed E-state index contributed by atoms with van der Waals surface area (Å²) >= 11 is 1.31. The number of fused-ring (bicyclic) bond motifs is 1. The Hall–Kier alpha value is -2.28. The summed E-state index contributed by atoms with van der Waals surface area (Å²) in [6.45, 7) is 0. The van der Waals surface area contributed by atoms with Gasteiger partial charge in [-0.15, -0.1) is 11.3 Å². The molecule has 1 saturated heterocycles. The highest BCUT2D eigenvalue weighted by Crippen LogP contribution is 2.40. The lowest BCUT2D eigenvalue weighted by atomic mass is 9.84. The molecule has 1 aliphatic heterocycles. The average molecular weight is 388 g/mol. The largest absolute Gasteiger partial charge is 0.480 e. The number of carbonyl (C=O) groups is 2. The van der Waals surface area contributed by atoms with Crippen molar-refractivity contribution >= 4 is 23.2 Å². The number of likely N-dealkylation sites (tertiary alicyclic amines) is 1. The number of halogens is 1. The minimum atomic E-state index is -0.945. The molecule has 1 aliphatic carbocycles. The van der Waals surface area contributed by atoms with Crippen molar-refractivity contribution < 1.29 is 19.1 Å². The maximum Gasteiger partial charge on any atom is 0.326 e. The molecule has 2 aliphatic rings. The second-order valence-electron chi connectivity index (χ2n) is 7.31. The van der Waals surface area contributed by atoms with Gasteiger partial charge in [0.05, 0.1) is 5.01 Å². The number of hydrogen-bond donors (Lipinski definition) is 1. The van der Waals surface area contributed by atoms with E-state index in [1.54, 1.807) is 28.5 Å². The van der Waals surface area contributed by atoms with Gasteiger partial charge in [0.1, 0.15) is 17.6 Å². The number of rotatable bonds is 4. The quantitative estimate of drug-likeness (QED) is 0.866. The lowest BCUT2D eigenvalue weighted by Crippen LogP contribution is -2.46. The lowest BCUT2D eigenvalue weighted by Gasteiger charge is -2.32. The van der Waals surface area contributed by atoms with Crippen LogP contribution in [-0.2, 0) is 11.2 Å². The third kappa shape index (κ3) is 3.48. The summed E-state index contributed by atoms with van der Waals surface area (Å²) in [5, 5.41) is 11.9. The van der Waals surface area contributed by atoms with E-state index < -0.39 is 12.0 Å². The van der Waals surface area contributed by atoms with E-state index in [2.05, 4.69) is 4.98 Å². The third-order valence-corrected chi connectivity index (χ3v) is 6.53. The first-order valence-electron chi connectivity index (χ1n) is 9.28. The molecule has 0 spiro atoms. The van der Waals surface area contributed by atoms with Crippen LogP contribution < -0.4 is 0 Å². The number of carboxylic acids is 1. The van der Waals surface area contributed by atoms with Crippen molar-refractivity contribution in [1.82, 2.24) is 9.88 Å². The molecule has 1 aromatic heterocycles. The molecular weight excluding hydrogens is 367 g/mol. The number of hydrogen-bond acceptors (Lipinski definition) is 4. The Balaban J connectivity index is 1.56. The van der Waals surface area contributed by atoms with Crippen LogP contribution in [0.2, 0.25) is 0 Å². The zero-order valence-electron chi connectivity index (χ0n) is 14.8. The minimum absolute atomic E-state index is 0.0101. The summed E-state index contributed by atoms with van der Waals surface area (Å²) in [5.41, 5.74) is 0.798. The van der Waals surface area contributed by atoms with E-state index in [-0.39, 0.29) is 29.4 Å². The maximum absolute atomic E-state index is 13.8. The van der Waals surface area contributed by atoms with Crippen molar-refractivity contribution in [3.8, 4) is 0 Å². The average Bonchev–Trinajstić information content (AvgIpc) is 3.28. The van der Waals surface area contributed by atoms with Gasteiger partial charge in [0.25, 0.3) is 5.91 Å². The molecule has 27 heavy (non-hydrogen) atoms. The van der Waals surface area contributed by atoms with E-state index in [1.807, 2.05) is 0 Å².